The second-order valence-corrected chi connectivity index (χ2v) is 34.5. The Morgan fingerprint density at radius 2 is 1.02 bits per heavy atom. The van der Waals surface area contributed by atoms with Crippen LogP contribution in [0.2, 0.25) is 0 Å². The number of aryl methyl sites for hydroxylation is 2. The van der Waals surface area contributed by atoms with Crippen molar-refractivity contribution in [3.63, 3.8) is 0 Å². The van der Waals surface area contributed by atoms with Crippen LogP contribution in [0.25, 0.3) is 133 Å². The minimum Gasteiger partial charge on any atom is -0.510 e. The van der Waals surface area contributed by atoms with Gasteiger partial charge in [0.15, 0.2) is 8.07 Å². The SMILES string of the molecule is [2H]c1c([2H])c([2H])c([Si](c2c([2H])c([2H])c([2H])c([2H])c2[2H])(c2c([2H])c([2H])c([2H])c([2H])c2[2H])c2c([2H])c([2H])c([2H])c(-c3cc4c5c(c3)n(-c3[c-]c(Oc6[c-]c7c(cc6)c6ccccc6n7-c6cc(C(C)(C)C)ccn6)ccc3)[c-][n+]5-c3c(cc(-c5c(C([2H])([2H])[2H])cccc5C([2H])([2H])[2H])cc3-n3c5ccccc5c5ccccc53)-c3cc5c(cc3-c3ccccc3-4)C(C)(C)CCC5(C)C)c2[2H])c([2H])c1[2H].[Pt]. The second-order valence-electron chi connectivity index (χ2n) is 31.0. The van der Waals surface area contributed by atoms with Gasteiger partial charge in [-0.15, -0.1) is 29.7 Å². The quantitative estimate of drug-likeness (QED) is 0.0560. The largest absolute Gasteiger partial charge is 0.510 e. The first-order chi connectivity index (χ1) is 64.3. The Bertz CT molecular complexity index is 7970. The van der Waals surface area contributed by atoms with Gasteiger partial charge in [0.05, 0.1) is 59.5 Å². The Kier molecular flexibility index (Phi) is 11.5. The molecule has 0 atom stereocenters. The number of nitrogens with zero attached hydrogens (tertiary/aromatic N) is 5. The van der Waals surface area contributed by atoms with Crippen LogP contribution >= 0.6 is 0 Å². The molecule has 20 rings (SSSR count). The van der Waals surface area contributed by atoms with Gasteiger partial charge in [-0.2, -0.15) is 18.2 Å². The van der Waals surface area contributed by atoms with Crippen LogP contribution < -0.4 is 30.1 Å². The molecule has 6 nitrogen and oxygen atoms in total. The topological polar surface area (TPSA) is 40.8 Å². The molecule has 18 aromatic rings. The van der Waals surface area contributed by atoms with Gasteiger partial charge in [-0.3, -0.25) is 4.57 Å². The van der Waals surface area contributed by atoms with Crippen LogP contribution in [-0.4, -0.2) is 26.8 Å². The van der Waals surface area contributed by atoms with Crippen molar-refractivity contribution in [1.82, 2.24) is 18.7 Å². The minimum absolute atomic E-state index is 0. The zero-order valence-corrected chi connectivity index (χ0v) is 65.2. The standard InChI is InChI=1S/C104H83N5OSi.Pt/c1-67-30-27-31-68(2)99(67)71-58-89-87-65-91-90(103(6,7)53-54-104(91,8)9)64-86(87)80-42-19-20-43-81(80)88-57-70(69-32-28-41-79(56-69)111(76-35-13-10-14-36-76,77-37-15-11-16-38-77)78-39-17-12-18-40-78)59-96-100(88)107(101(89)97(60-71)108-92-47-24-21-44-82(92)83-45-22-25-48-93(83)108)66-106(96)73-33-29-34-74(62-73)110-75-50-51-85-84-46-23-26-49-94(84)109(95(85)63-75)98-61-72(52-55-105-98)102(3,4)5;/h10-52,55-61,64-65H,53-54H2,1-9H3;/q-2;/i1D3,2D3,10D,11D,12D,13D,14D,15D,16D,17D,18D,28D,32D,35D,36D,37D,38D,39D,40D,41D,56D;. The molecule has 0 N–H and O–H groups in total. The third-order valence-electron chi connectivity index (χ3n) is 22.6. The first-order valence-electron chi connectivity index (χ1n) is 49.4. The van der Waals surface area contributed by atoms with Gasteiger partial charge in [0, 0.05) is 63.3 Å². The second kappa shape index (κ2) is 26.9. The summed E-state index contributed by atoms with van der Waals surface area (Å²) in [6.45, 7) is 9.31. The maximum absolute atomic E-state index is 11.4. The molecular formula is C104H83N5OPtSi-2. The van der Waals surface area contributed by atoms with Crippen molar-refractivity contribution in [2.45, 2.75) is 91.3 Å². The van der Waals surface area contributed by atoms with Crippen LogP contribution in [0.5, 0.6) is 11.5 Å². The van der Waals surface area contributed by atoms with E-state index in [0.717, 1.165) is 56.6 Å². The average Bonchev–Trinajstić information content (AvgIpc) is 1.47. The molecule has 0 amide bonds. The molecule has 112 heavy (non-hydrogen) atoms. The smallest absolute Gasteiger partial charge is 0.268 e. The van der Waals surface area contributed by atoms with Crippen molar-refractivity contribution in [1.29, 1.82) is 0 Å². The Morgan fingerprint density at radius 1 is 0.473 bits per heavy atom. The number of imidazole rings is 1. The number of aromatic nitrogens is 5. The average molecular weight is 1670 g/mol. The van der Waals surface area contributed by atoms with Crippen molar-refractivity contribution in [3.05, 3.63) is 361 Å². The van der Waals surface area contributed by atoms with Crippen LogP contribution in [0.15, 0.2) is 315 Å². The number of rotatable bonds is 11. The van der Waals surface area contributed by atoms with Crippen molar-refractivity contribution in [3.8, 4) is 90.0 Å². The molecule has 8 heteroatoms. The molecule has 4 aromatic heterocycles. The Balaban J connectivity index is 0.0000120. The molecule has 0 unspecified atom stereocenters. The van der Waals surface area contributed by atoms with Crippen molar-refractivity contribution < 1.29 is 64.6 Å². The number of benzene rings is 14. The Labute approximate surface area is 706 Å². The molecule has 2 aliphatic rings. The third kappa shape index (κ3) is 11.3. The van der Waals surface area contributed by atoms with Crippen LogP contribution in [0.3, 0.4) is 0 Å². The van der Waals surface area contributed by atoms with Crippen molar-refractivity contribution in [2.24, 2.45) is 0 Å². The predicted molar refractivity (Wildman–Crippen MR) is 462 cm³/mol. The molecule has 546 valence electrons. The van der Waals surface area contributed by atoms with Crippen LogP contribution in [0.1, 0.15) is 123 Å². The summed E-state index contributed by atoms with van der Waals surface area (Å²) in [5, 5.41) is -0.631. The number of pyridine rings is 1. The minimum atomic E-state index is -6.45. The van der Waals surface area contributed by atoms with Gasteiger partial charge >= 0.3 is 0 Å². The molecule has 0 spiro atoms. The summed E-state index contributed by atoms with van der Waals surface area (Å²) in [7, 11) is -6.45. The van der Waals surface area contributed by atoms with Gasteiger partial charge in [-0.25, -0.2) is 4.98 Å². The fourth-order valence-corrected chi connectivity index (χ4v) is 20.6. The number of hydrogen-bond acceptors (Lipinski definition) is 2. The van der Waals surface area contributed by atoms with Gasteiger partial charge < -0.3 is 18.4 Å². The van der Waals surface area contributed by atoms with E-state index in [2.05, 4.69) is 89.7 Å². The van der Waals surface area contributed by atoms with E-state index < -0.39 is 174 Å². The molecule has 1 aliphatic heterocycles. The Morgan fingerprint density at radius 3 is 1.63 bits per heavy atom. The fourth-order valence-electron chi connectivity index (χ4n) is 17.0. The summed E-state index contributed by atoms with van der Waals surface area (Å²) >= 11 is 0. The van der Waals surface area contributed by atoms with Crippen molar-refractivity contribution in [2.75, 3.05) is 0 Å². The number of para-hydroxylation sites is 3. The summed E-state index contributed by atoms with van der Waals surface area (Å²) < 4.78 is 258. The van der Waals surface area contributed by atoms with Gasteiger partial charge in [0.1, 0.15) is 5.82 Å². The van der Waals surface area contributed by atoms with Crippen LogP contribution in [0, 0.1) is 32.2 Å². The zero-order valence-electron chi connectivity index (χ0n) is 86.9. The van der Waals surface area contributed by atoms with Crippen LogP contribution in [0.4, 0.5) is 0 Å². The fraction of sp³-hybridized carbons (Fsp3) is 0.135. The maximum Gasteiger partial charge on any atom is 0.268 e. The van der Waals surface area contributed by atoms with E-state index in [1.54, 1.807) is 47.2 Å². The molecule has 1 aliphatic carbocycles. The molecule has 0 fully saturated rings. The monoisotopic (exact) mass is 1670 g/mol. The van der Waals surface area contributed by atoms with Gasteiger partial charge in [-0.05, 0) is 213 Å². The van der Waals surface area contributed by atoms with E-state index in [9.17, 15) is 30.2 Å². The molecule has 0 saturated heterocycles. The van der Waals surface area contributed by atoms with Crippen LogP contribution in [-0.2, 0) is 37.3 Å². The van der Waals surface area contributed by atoms with Gasteiger partial charge in [-0.1, -0.05) is 278 Å². The zero-order chi connectivity index (χ0) is 96.8. The number of fused-ring (bicyclic) bond motifs is 14. The number of hydrogen-bond donors (Lipinski definition) is 0. The van der Waals surface area contributed by atoms with E-state index in [0.29, 0.717) is 67.1 Å². The first-order valence-corrected chi connectivity index (χ1v) is 38.9. The normalized spacial score (nSPS) is 17.0. The van der Waals surface area contributed by atoms with E-state index in [-0.39, 0.29) is 82.6 Å². The van der Waals surface area contributed by atoms with Crippen molar-refractivity contribution >= 4 is 83.5 Å². The molecule has 14 aromatic carbocycles. The molecular weight excluding hydrogens is 1560 g/mol. The Hall–Kier alpha value is -12.0. The maximum atomic E-state index is 11.4. The molecule has 5 heterocycles. The molecule has 0 bridgehead atoms. The van der Waals surface area contributed by atoms with E-state index in [1.165, 1.54) is 18.2 Å². The summed E-state index contributed by atoms with van der Waals surface area (Å²) in [5.41, 5.74) is 7.83. The third-order valence-corrected chi connectivity index (χ3v) is 26.6. The summed E-state index contributed by atoms with van der Waals surface area (Å²) in [6.07, 6.45) is 7.14. The predicted octanol–water partition coefficient (Wildman–Crippen LogP) is 23.0. The first kappa shape index (κ1) is 47.9. The summed E-state index contributed by atoms with van der Waals surface area (Å²) in [4.78, 5) is 4.92. The van der Waals surface area contributed by atoms with E-state index in [1.807, 2.05) is 130 Å². The number of ether oxygens (including phenoxy) is 1. The summed E-state index contributed by atoms with van der Waals surface area (Å²) in [6, 6.07) is 45.9. The van der Waals surface area contributed by atoms with Gasteiger partial charge in [0.25, 0.3) is 6.33 Å². The van der Waals surface area contributed by atoms with E-state index >= 15 is 0 Å². The molecule has 0 radical (unpaired) electrons. The molecule has 0 saturated carbocycles. The van der Waals surface area contributed by atoms with Gasteiger partial charge in [0.2, 0.25) is 0 Å². The summed E-state index contributed by atoms with van der Waals surface area (Å²) in [5.74, 6) is 1.03. The van der Waals surface area contributed by atoms with E-state index in [4.69, 9.17) is 13.8 Å².